The summed E-state index contributed by atoms with van der Waals surface area (Å²) in [5, 5.41) is 0.647. The van der Waals surface area contributed by atoms with Crippen molar-refractivity contribution in [2.45, 2.75) is 4.90 Å². The van der Waals surface area contributed by atoms with Crippen LogP contribution in [-0.4, -0.2) is 12.4 Å². The van der Waals surface area contributed by atoms with Gasteiger partial charge in [-0.1, -0.05) is 11.6 Å². The highest BCUT2D eigenvalue weighted by atomic mass is 79.9. The molecule has 0 bridgehead atoms. The minimum absolute atomic E-state index is 0.325. The second-order valence-electron chi connectivity index (χ2n) is 3.99. The van der Waals surface area contributed by atoms with Crippen LogP contribution in [-0.2, 0) is 0 Å². The number of rotatable bonds is 5. The largest absolute Gasteiger partial charge is 0.492 e. The van der Waals surface area contributed by atoms with Crippen molar-refractivity contribution >= 4 is 45.0 Å². The van der Waals surface area contributed by atoms with Gasteiger partial charge in [-0.3, -0.25) is 0 Å². The number of anilines is 1. The first-order valence-electron chi connectivity index (χ1n) is 5.81. The number of nitrogen functional groups attached to an aromatic ring is 1. The zero-order valence-corrected chi connectivity index (χ0v) is 13.6. The lowest BCUT2D eigenvalue weighted by Gasteiger charge is -2.08. The molecule has 6 heteroatoms. The van der Waals surface area contributed by atoms with Gasteiger partial charge in [0.25, 0.3) is 0 Å². The summed E-state index contributed by atoms with van der Waals surface area (Å²) >= 11 is 10.7. The summed E-state index contributed by atoms with van der Waals surface area (Å²) in [7, 11) is 0. The van der Waals surface area contributed by atoms with Gasteiger partial charge >= 0.3 is 0 Å². The average molecular weight is 377 g/mol. The Balaban J connectivity index is 1.84. The number of benzene rings is 2. The molecule has 2 N–H and O–H groups in total. The average Bonchev–Trinajstić information content (AvgIpc) is 2.35. The second kappa shape index (κ2) is 7.20. The van der Waals surface area contributed by atoms with E-state index in [1.165, 1.54) is 23.9 Å². The minimum Gasteiger partial charge on any atom is -0.492 e. The van der Waals surface area contributed by atoms with E-state index in [1.807, 2.05) is 0 Å². The minimum atomic E-state index is -0.325. The first-order valence-corrected chi connectivity index (χ1v) is 7.97. The third-order valence-corrected chi connectivity index (χ3v) is 4.19. The number of thioether (sulfide) groups is 1. The van der Waals surface area contributed by atoms with E-state index < -0.39 is 0 Å². The Hall–Kier alpha value is -0.910. The Bertz CT molecular complexity index is 591. The van der Waals surface area contributed by atoms with E-state index in [0.29, 0.717) is 23.1 Å². The fourth-order valence-corrected chi connectivity index (χ4v) is 3.19. The zero-order chi connectivity index (χ0) is 14.5. The van der Waals surface area contributed by atoms with Gasteiger partial charge in [-0.2, -0.15) is 0 Å². The van der Waals surface area contributed by atoms with Crippen molar-refractivity contribution in [3.63, 3.8) is 0 Å². The van der Waals surface area contributed by atoms with Crippen molar-refractivity contribution in [2.75, 3.05) is 18.1 Å². The number of nitrogens with two attached hydrogens (primary N) is 1. The van der Waals surface area contributed by atoms with Gasteiger partial charge < -0.3 is 10.5 Å². The van der Waals surface area contributed by atoms with E-state index in [4.69, 9.17) is 22.1 Å². The predicted molar refractivity (Wildman–Crippen MR) is 86.2 cm³/mol. The van der Waals surface area contributed by atoms with Crippen molar-refractivity contribution in [2.24, 2.45) is 0 Å². The third kappa shape index (κ3) is 4.58. The van der Waals surface area contributed by atoms with Crippen LogP contribution in [0.3, 0.4) is 0 Å². The molecule has 0 saturated heterocycles. The summed E-state index contributed by atoms with van der Waals surface area (Å²) in [6.45, 7) is 0.501. The quantitative estimate of drug-likeness (QED) is 0.453. The Morgan fingerprint density at radius 1 is 1.25 bits per heavy atom. The molecule has 0 saturated carbocycles. The van der Waals surface area contributed by atoms with Crippen LogP contribution < -0.4 is 10.5 Å². The number of hydrogen-bond donors (Lipinski definition) is 1. The van der Waals surface area contributed by atoms with Crippen LogP contribution in [0.2, 0.25) is 5.02 Å². The van der Waals surface area contributed by atoms with Gasteiger partial charge in [0.15, 0.2) is 0 Å². The van der Waals surface area contributed by atoms with Crippen molar-refractivity contribution in [3.8, 4) is 5.75 Å². The molecule has 2 aromatic rings. The molecule has 0 amide bonds. The standard InChI is InChI=1S/C14H12BrClFNOS/c15-13-5-9(16)1-2-14(13)19-3-4-20-12-7-10(17)6-11(18)8-12/h1-2,5-8H,3-4,18H2. The summed E-state index contributed by atoms with van der Waals surface area (Å²) in [5.74, 6) is 1.10. The molecule has 0 fully saturated rings. The van der Waals surface area contributed by atoms with Gasteiger partial charge in [0.2, 0.25) is 0 Å². The van der Waals surface area contributed by atoms with E-state index in [9.17, 15) is 4.39 Å². The molecular formula is C14H12BrClFNOS. The lowest BCUT2D eigenvalue weighted by molar-refractivity contribution is 0.342. The molecule has 0 unspecified atom stereocenters. The smallest absolute Gasteiger partial charge is 0.133 e. The molecule has 0 atom stereocenters. The lowest BCUT2D eigenvalue weighted by atomic mass is 10.3. The third-order valence-electron chi connectivity index (χ3n) is 2.40. The summed E-state index contributed by atoms with van der Waals surface area (Å²) < 4.78 is 19.6. The van der Waals surface area contributed by atoms with Gasteiger partial charge in [0.1, 0.15) is 11.6 Å². The molecule has 2 nitrogen and oxygen atoms in total. The Labute approximate surface area is 134 Å². The monoisotopic (exact) mass is 375 g/mol. The van der Waals surface area contributed by atoms with E-state index in [2.05, 4.69) is 15.9 Å². The highest BCUT2D eigenvalue weighted by Gasteiger charge is 2.03. The zero-order valence-electron chi connectivity index (χ0n) is 10.4. The topological polar surface area (TPSA) is 35.2 Å². The molecule has 0 aliphatic rings. The molecule has 106 valence electrons. The van der Waals surface area contributed by atoms with Crippen molar-refractivity contribution in [1.82, 2.24) is 0 Å². The Morgan fingerprint density at radius 2 is 2.05 bits per heavy atom. The van der Waals surface area contributed by atoms with Crippen LogP contribution in [0.5, 0.6) is 5.75 Å². The summed E-state index contributed by atoms with van der Waals surface area (Å²) in [6.07, 6.45) is 0. The van der Waals surface area contributed by atoms with Gasteiger partial charge in [-0.15, -0.1) is 11.8 Å². The normalized spacial score (nSPS) is 10.6. The maximum absolute atomic E-state index is 13.1. The molecule has 0 aliphatic heterocycles. The van der Waals surface area contributed by atoms with Gasteiger partial charge in [-0.05, 0) is 52.3 Å². The van der Waals surface area contributed by atoms with Crippen LogP contribution in [0, 0.1) is 5.82 Å². The van der Waals surface area contributed by atoms with Crippen LogP contribution in [0.1, 0.15) is 0 Å². The lowest BCUT2D eigenvalue weighted by Crippen LogP contribution is -2.00. The van der Waals surface area contributed by atoms with Crippen LogP contribution in [0.25, 0.3) is 0 Å². The Morgan fingerprint density at radius 3 is 2.75 bits per heavy atom. The first-order chi connectivity index (χ1) is 9.54. The molecule has 0 heterocycles. The van der Waals surface area contributed by atoms with Crippen LogP contribution in [0.15, 0.2) is 45.8 Å². The summed E-state index contributed by atoms with van der Waals surface area (Å²) in [6, 6.07) is 9.84. The van der Waals surface area contributed by atoms with Crippen molar-refractivity contribution < 1.29 is 9.13 Å². The molecule has 0 aromatic heterocycles. The summed E-state index contributed by atoms with van der Waals surface area (Å²) in [4.78, 5) is 0.793. The molecule has 0 spiro atoms. The van der Waals surface area contributed by atoms with E-state index in [-0.39, 0.29) is 5.82 Å². The number of ether oxygens (including phenoxy) is 1. The fourth-order valence-electron chi connectivity index (χ4n) is 1.57. The Kier molecular flexibility index (Phi) is 5.57. The van der Waals surface area contributed by atoms with E-state index in [1.54, 1.807) is 24.3 Å². The second-order valence-corrected chi connectivity index (χ2v) is 6.45. The molecule has 2 aromatic carbocycles. The van der Waals surface area contributed by atoms with Crippen LogP contribution in [0.4, 0.5) is 10.1 Å². The first kappa shape index (κ1) is 15.5. The van der Waals surface area contributed by atoms with Crippen molar-refractivity contribution in [3.05, 3.63) is 51.7 Å². The summed E-state index contributed by atoms with van der Waals surface area (Å²) in [5.41, 5.74) is 6.01. The van der Waals surface area contributed by atoms with Gasteiger partial charge in [0.05, 0.1) is 11.1 Å². The predicted octanol–water partition coefficient (Wildman–Crippen LogP) is 4.99. The highest BCUT2D eigenvalue weighted by molar-refractivity contribution is 9.10. The maximum atomic E-state index is 13.1. The molecule has 0 aliphatic carbocycles. The molecule has 2 rings (SSSR count). The van der Waals surface area contributed by atoms with Crippen LogP contribution >= 0.6 is 39.3 Å². The fraction of sp³-hybridized carbons (Fsp3) is 0.143. The van der Waals surface area contributed by atoms with E-state index >= 15 is 0 Å². The number of hydrogen-bond acceptors (Lipinski definition) is 3. The molecule has 20 heavy (non-hydrogen) atoms. The highest BCUT2D eigenvalue weighted by Crippen LogP contribution is 2.28. The molecular weight excluding hydrogens is 365 g/mol. The SMILES string of the molecule is Nc1cc(F)cc(SCCOc2ccc(Cl)cc2Br)c1. The maximum Gasteiger partial charge on any atom is 0.133 e. The van der Waals surface area contributed by atoms with Gasteiger partial charge in [-0.25, -0.2) is 4.39 Å². The molecule has 0 radical (unpaired) electrons. The number of halogens is 3. The van der Waals surface area contributed by atoms with Crippen molar-refractivity contribution in [1.29, 1.82) is 0 Å². The van der Waals surface area contributed by atoms with E-state index in [0.717, 1.165) is 15.1 Å². The van der Waals surface area contributed by atoms with Gasteiger partial charge in [0, 0.05) is 21.4 Å².